The third kappa shape index (κ3) is 40.1. The predicted octanol–water partition coefficient (Wildman–Crippen LogP) is 7.70. The van der Waals surface area contributed by atoms with Gasteiger partial charge < -0.3 is 54.4 Å². The van der Waals surface area contributed by atoms with E-state index < -0.39 is 138 Å². The highest BCUT2D eigenvalue weighted by Gasteiger charge is 2.37. The van der Waals surface area contributed by atoms with Crippen molar-refractivity contribution in [1.82, 2.24) is 31.1 Å². The molecule has 4 N–H and O–H groups in total. The van der Waals surface area contributed by atoms with Crippen LogP contribution in [0.4, 0.5) is 4.79 Å². The van der Waals surface area contributed by atoms with Crippen molar-refractivity contribution < 1.29 is 81.1 Å². The number of rotatable bonds is 35. The fourth-order valence-electron chi connectivity index (χ4n) is 8.29. The van der Waals surface area contributed by atoms with E-state index in [0.29, 0.717) is 51.5 Å². The highest BCUT2D eigenvalue weighted by Crippen LogP contribution is 2.21. The van der Waals surface area contributed by atoms with E-state index in [9.17, 15) is 47.9 Å². The Hall–Kier alpha value is -6.36. The molecular weight excluding hydrogens is 1110 g/mol. The second-order valence-corrected chi connectivity index (χ2v) is 27.3. The van der Waals surface area contributed by atoms with Crippen molar-refractivity contribution in [3.8, 4) is 0 Å². The summed E-state index contributed by atoms with van der Waals surface area (Å²) in [4.78, 5) is 136. The molecule has 490 valence electrons. The number of carbonyl (C=O) groups excluding carboxylic acids is 10. The number of hydrogen-bond donors (Lipinski definition) is 4. The van der Waals surface area contributed by atoms with E-state index in [1.54, 1.807) is 125 Å². The molecule has 3 atom stereocenters. The van der Waals surface area contributed by atoms with E-state index in [1.807, 2.05) is 30.3 Å². The number of alkyl carbamates (subject to hydrolysis) is 1. The molecule has 4 amide bonds. The summed E-state index contributed by atoms with van der Waals surface area (Å²) in [6, 6.07) is 5.98. The Morgan fingerprint density at radius 1 is 0.407 bits per heavy atom. The summed E-state index contributed by atoms with van der Waals surface area (Å²) >= 11 is 0. The summed E-state index contributed by atoms with van der Waals surface area (Å²) in [7, 11) is 0. The topological polar surface area (TPSA) is 290 Å². The number of hydrogen-bond acceptors (Lipinski definition) is 19. The molecular formula is C63H106N6O17. The van der Waals surface area contributed by atoms with Crippen molar-refractivity contribution in [1.29, 1.82) is 0 Å². The van der Waals surface area contributed by atoms with Gasteiger partial charge in [-0.05, 0) is 188 Å². The lowest BCUT2D eigenvalue weighted by Crippen LogP contribution is -2.50. The number of amides is 4. The Bertz CT molecular complexity index is 2260. The van der Waals surface area contributed by atoms with Gasteiger partial charge in [-0.25, -0.2) is 4.79 Å². The molecule has 0 aromatic heterocycles. The Labute approximate surface area is 511 Å². The zero-order chi connectivity index (χ0) is 65.7. The standard InChI is InChI=1S/C63H106N6O17/c1-58(2,3)81-50(72)39-68(40-51(73)82-59(4,5)6)46(55(77)85-62(13,14)15)31-24-27-36-64-48(70)35-34-45(67-49(71)33-23-20-26-38-66-57(79)80-43-44-29-21-19-22-30-44)54(76)65-37-28-25-32-47(56(78)86-63(16,17)18)69(41-52(74)83-60(7,8)9)42-53(75)84-61(10,11)12/h19,21-22,29-30,45-47H,20,23-28,31-43H2,1-18H3,(H,64,70)(H,65,76)(H,66,79)(H,67,71). The van der Waals surface area contributed by atoms with Gasteiger partial charge in [0.2, 0.25) is 17.7 Å². The van der Waals surface area contributed by atoms with Gasteiger partial charge >= 0.3 is 41.9 Å². The van der Waals surface area contributed by atoms with Gasteiger partial charge in [0, 0.05) is 32.5 Å². The molecule has 0 saturated heterocycles. The van der Waals surface area contributed by atoms with Crippen molar-refractivity contribution in [3.63, 3.8) is 0 Å². The van der Waals surface area contributed by atoms with Crippen LogP contribution in [0.1, 0.15) is 207 Å². The number of benzene rings is 1. The van der Waals surface area contributed by atoms with Crippen LogP contribution >= 0.6 is 0 Å². The molecule has 0 heterocycles. The summed E-state index contributed by atoms with van der Waals surface area (Å²) in [6.45, 7) is 29.7. The fraction of sp³-hybridized carbons (Fsp3) is 0.746. The summed E-state index contributed by atoms with van der Waals surface area (Å²) in [6.07, 6.45) is 2.44. The van der Waals surface area contributed by atoms with Crippen LogP contribution in [0.25, 0.3) is 0 Å². The molecule has 23 heteroatoms. The van der Waals surface area contributed by atoms with Gasteiger partial charge in [-0.3, -0.25) is 53.0 Å². The third-order valence-corrected chi connectivity index (χ3v) is 11.6. The minimum Gasteiger partial charge on any atom is -0.459 e. The Kier molecular flexibility index (Phi) is 33.1. The maximum absolute atomic E-state index is 13.9. The molecule has 0 spiro atoms. The van der Waals surface area contributed by atoms with Crippen molar-refractivity contribution >= 4 is 59.6 Å². The number of esters is 6. The molecule has 0 saturated carbocycles. The van der Waals surface area contributed by atoms with Crippen LogP contribution in [0, 0.1) is 0 Å². The van der Waals surface area contributed by atoms with Gasteiger partial charge in [0.05, 0.1) is 26.2 Å². The molecule has 0 aliphatic heterocycles. The highest BCUT2D eigenvalue weighted by atomic mass is 16.6. The number of unbranched alkanes of at least 4 members (excludes halogenated alkanes) is 4. The monoisotopic (exact) mass is 1220 g/mol. The molecule has 86 heavy (non-hydrogen) atoms. The maximum Gasteiger partial charge on any atom is 0.407 e. The molecule has 0 aliphatic rings. The van der Waals surface area contributed by atoms with Crippen molar-refractivity contribution in [3.05, 3.63) is 35.9 Å². The van der Waals surface area contributed by atoms with Crippen molar-refractivity contribution in [2.45, 2.75) is 260 Å². The Morgan fingerprint density at radius 3 is 1.17 bits per heavy atom. The van der Waals surface area contributed by atoms with Gasteiger partial charge in [0.15, 0.2) is 0 Å². The average Bonchev–Trinajstić information content (AvgIpc) is 2.94. The largest absolute Gasteiger partial charge is 0.459 e. The second kappa shape index (κ2) is 36.7. The maximum atomic E-state index is 13.9. The number of nitrogens with zero attached hydrogens (tertiary/aromatic N) is 2. The van der Waals surface area contributed by atoms with E-state index >= 15 is 0 Å². The smallest absolute Gasteiger partial charge is 0.407 e. The van der Waals surface area contributed by atoms with Crippen LogP contribution in [-0.2, 0) is 82.9 Å². The fourth-order valence-corrected chi connectivity index (χ4v) is 8.29. The van der Waals surface area contributed by atoms with Gasteiger partial charge in [-0.15, -0.1) is 0 Å². The Balaban J connectivity index is 3.23. The van der Waals surface area contributed by atoms with Crippen molar-refractivity contribution in [2.75, 3.05) is 45.8 Å². The van der Waals surface area contributed by atoms with Gasteiger partial charge in [-0.2, -0.15) is 0 Å². The van der Waals surface area contributed by atoms with Gasteiger partial charge in [0.25, 0.3) is 0 Å². The average molecular weight is 1220 g/mol. The van der Waals surface area contributed by atoms with Crippen LogP contribution in [0.15, 0.2) is 30.3 Å². The minimum absolute atomic E-state index is 0.0564. The summed E-state index contributed by atoms with van der Waals surface area (Å²) < 4.78 is 39.0. The SMILES string of the molecule is CC(C)(C)OC(=O)CN(CC(=O)OC(C)(C)C)C(CCCCNC(=O)CCC(NC(=O)CCCCCNC(=O)OCc1ccccc1)C(=O)NCCCCC(C(=O)OC(C)(C)C)N(CC(=O)OC(C)(C)C)CC(=O)OC(C)(C)C)C(=O)OC(C)(C)C. The summed E-state index contributed by atoms with van der Waals surface area (Å²) in [5.41, 5.74) is -4.34. The number of carbonyl (C=O) groups is 10. The van der Waals surface area contributed by atoms with Crippen LogP contribution < -0.4 is 21.3 Å². The highest BCUT2D eigenvalue weighted by molar-refractivity contribution is 5.88. The lowest BCUT2D eigenvalue weighted by molar-refractivity contribution is -0.171. The van der Waals surface area contributed by atoms with Crippen LogP contribution in [-0.4, -0.2) is 167 Å². The first-order valence-corrected chi connectivity index (χ1v) is 30.1. The molecule has 0 fully saturated rings. The lowest BCUT2D eigenvalue weighted by Gasteiger charge is -2.33. The van der Waals surface area contributed by atoms with E-state index in [2.05, 4.69) is 21.3 Å². The first kappa shape index (κ1) is 77.7. The number of ether oxygens (including phenoxy) is 7. The molecule has 23 nitrogen and oxygen atoms in total. The Morgan fingerprint density at radius 2 is 0.779 bits per heavy atom. The molecule has 0 aliphatic carbocycles. The normalized spacial score (nSPS) is 13.3. The first-order valence-electron chi connectivity index (χ1n) is 30.1. The van der Waals surface area contributed by atoms with E-state index in [4.69, 9.17) is 33.2 Å². The first-order chi connectivity index (χ1) is 39.5. The summed E-state index contributed by atoms with van der Waals surface area (Å²) in [5.74, 6) is -5.37. The van der Waals surface area contributed by atoms with Crippen molar-refractivity contribution in [2.24, 2.45) is 0 Å². The summed E-state index contributed by atoms with van der Waals surface area (Å²) in [5, 5.41) is 11.2. The molecule has 0 radical (unpaired) electrons. The third-order valence-electron chi connectivity index (χ3n) is 11.6. The minimum atomic E-state index is -1.13. The van der Waals surface area contributed by atoms with E-state index in [1.165, 1.54) is 9.80 Å². The lowest BCUT2D eigenvalue weighted by atomic mass is 10.1. The van der Waals surface area contributed by atoms with Gasteiger partial charge in [0.1, 0.15) is 58.3 Å². The molecule has 1 rings (SSSR count). The quantitative estimate of drug-likeness (QED) is 0.0287. The predicted molar refractivity (Wildman–Crippen MR) is 324 cm³/mol. The molecule has 0 bridgehead atoms. The molecule has 1 aromatic rings. The molecule has 1 aromatic carbocycles. The number of nitrogens with one attached hydrogen (secondary N) is 4. The van der Waals surface area contributed by atoms with Crippen LogP contribution in [0.2, 0.25) is 0 Å². The van der Waals surface area contributed by atoms with Gasteiger partial charge in [-0.1, -0.05) is 36.8 Å². The van der Waals surface area contributed by atoms with E-state index in [-0.39, 0.29) is 51.8 Å². The second-order valence-electron chi connectivity index (χ2n) is 27.3. The van der Waals surface area contributed by atoms with Crippen LogP contribution in [0.3, 0.4) is 0 Å². The molecule has 3 unspecified atom stereocenters. The zero-order valence-electron chi connectivity index (χ0n) is 55.1. The van der Waals surface area contributed by atoms with E-state index in [0.717, 1.165) is 5.56 Å². The van der Waals surface area contributed by atoms with Crippen LogP contribution in [0.5, 0.6) is 0 Å². The zero-order valence-corrected chi connectivity index (χ0v) is 55.1.